The number of hydrogen-bond acceptors (Lipinski definition) is 1. The second kappa shape index (κ2) is 5.73. The minimum atomic E-state index is 0.604. The topological polar surface area (TPSA) is 12.0 Å². The molecule has 2 aliphatic rings. The molecule has 0 amide bonds. The highest BCUT2D eigenvalue weighted by Gasteiger charge is 2.38. The van der Waals surface area contributed by atoms with Crippen LogP contribution in [-0.4, -0.2) is 13.6 Å². The molecule has 0 aromatic heterocycles. The molecule has 2 unspecified atom stereocenters. The van der Waals surface area contributed by atoms with E-state index in [1.54, 1.807) is 0 Å². The maximum Gasteiger partial charge on any atom is -0.00208 e. The molecule has 2 aliphatic carbocycles. The van der Waals surface area contributed by atoms with Crippen LogP contribution in [0.25, 0.3) is 0 Å². The lowest BCUT2D eigenvalue weighted by molar-refractivity contribution is 0.0584. The van der Waals surface area contributed by atoms with Crippen LogP contribution in [0.1, 0.15) is 65.2 Å². The Morgan fingerprint density at radius 1 is 1.06 bits per heavy atom. The minimum Gasteiger partial charge on any atom is -0.319 e. The van der Waals surface area contributed by atoms with Crippen LogP contribution in [-0.2, 0) is 0 Å². The molecule has 1 heteroatoms. The fourth-order valence-corrected chi connectivity index (χ4v) is 4.33. The molecule has 1 nitrogen and oxygen atoms in total. The maximum atomic E-state index is 3.43. The van der Waals surface area contributed by atoms with E-state index in [0.717, 1.165) is 17.8 Å². The van der Waals surface area contributed by atoms with Crippen molar-refractivity contribution in [2.45, 2.75) is 65.2 Å². The normalized spacial score (nSPS) is 34.8. The first-order chi connectivity index (χ1) is 8.12. The Balaban J connectivity index is 2.01. The van der Waals surface area contributed by atoms with Crippen LogP contribution in [0.5, 0.6) is 0 Å². The summed E-state index contributed by atoms with van der Waals surface area (Å²) in [4.78, 5) is 0. The molecule has 2 saturated carbocycles. The van der Waals surface area contributed by atoms with Crippen molar-refractivity contribution in [3.63, 3.8) is 0 Å². The third kappa shape index (κ3) is 3.47. The van der Waals surface area contributed by atoms with Crippen molar-refractivity contribution < 1.29 is 0 Å². The molecule has 0 aliphatic heterocycles. The van der Waals surface area contributed by atoms with Crippen LogP contribution in [0.3, 0.4) is 0 Å². The van der Waals surface area contributed by atoms with Gasteiger partial charge in [0.1, 0.15) is 0 Å². The summed E-state index contributed by atoms with van der Waals surface area (Å²) in [5.74, 6) is 3.00. The van der Waals surface area contributed by atoms with Gasteiger partial charge in [-0.25, -0.2) is 0 Å². The third-order valence-electron chi connectivity index (χ3n) is 5.31. The maximum absolute atomic E-state index is 3.43. The lowest BCUT2D eigenvalue weighted by atomic mass is 9.61. The zero-order chi connectivity index (χ0) is 12.3. The van der Waals surface area contributed by atoms with E-state index in [1.807, 2.05) is 0 Å². The van der Waals surface area contributed by atoms with Gasteiger partial charge in [-0.1, -0.05) is 46.0 Å². The van der Waals surface area contributed by atoms with Gasteiger partial charge in [-0.05, 0) is 56.0 Å². The first kappa shape index (κ1) is 13.4. The van der Waals surface area contributed by atoms with E-state index in [4.69, 9.17) is 0 Å². The fourth-order valence-electron chi connectivity index (χ4n) is 4.33. The molecule has 0 heterocycles. The standard InChI is InChI=1S/C16H31N/c1-16(2)10-9-14(12-17-3)15(11-16)13-7-5-4-6-8-13/h13-15,17H,4-12H2,1-3H3. The monoisotopic (exact) mass is 237 g/mol. The zero-order valence-electron chi connectivity index (χ0n) is 12.1. The molecular weight excluding hydrogens is 206 g/mol. The predicted octanol–water partition coefficient (Wildman–Crippen LogP) is 4.23. The molecule has 0 spiro atoms. The van der Waals surface area contributed by atoms with Crippen LogP contribution in [0.4, 0.5) is 0 Å². The Labute approximate surface area is 108 Å². The van der Waals surface area contributed by atoms with Crippen molar-refractivity contribution in [2.75, 3.05) is 13.6 Å². The van der Waals surface area contributed by atoms with Gasteiger partial charge >= 0.3 is 0 Å². The molecule has 2 fully saturated rings. The number of nitrogens with one attached hydrogen (secondary N) is 1. The summed E-state index contributed by atoms with van der Waals surface area (Å²) >= 11 is 0. The Morgan fingerprint density at radius 3 is 2.41 bits per heavy atom. The lowest BCUT2D eigenvalue weighted by Gasteiger charge is -2.45. The van der Waals surface area contributed by atoms with Gasteiger partial charge in [0, 0.05) is 0 Å². The molecule has 2 atom stereocenters. The predicted molar refractivity (Wildman–Crippen MR) is 75.1 cm³/mol. The lowest BCUT2D eigenvalue weighted by Crippen LogP contribution is -2.39. The van der Waals surface area contributed by atoms with Gasteiger partial charge in [-0.2, -0.15) is 0 Å². The van der Waals surface area contributed by atoms with Crippen LogP contribution in [0.15, 0.2) is 0 Å². The largest absolute Gasteiger partial charge is 0.319 e. The van der Waals surface area contributed by atoms with E-state index in [1.165, 1.54) is 57.9 Å². The summed E-state index contributed by atoms with van der Waals surface area (Å²) in [5, 5.41) is 3.43. The highest BCUT2D eigenvalue weighted by atomic mass is 14.8. The highest BCUT2D eigenvalue weighted by molar-refractivity contribution is 4.89. The summed E-state index contributed by atoms with van der Waals surface area (Å²) in [6.45, 7) is 6.22. The molecule has 0 aromatic rings. The van der Waals surface area contributed by atoms with Gasteiger partial charge in [0.15, 0.2) is 0 Å². The van der Waals surface area contributed by atoms with Gasteiger partial charge in [-0.3, -0.25) is 0 Å². The minimum absolute atomic E-state index is 0.604. The average Bonchev–Trinajstić information content (AvgIpc) is 2.32. The van der Waals surface area contributed by atoms with Crippen molar-refractivity contribution in [1.29, 1.82) is 0 Å². The third-order valence-corrected chi connectivity index (χ3v) is 5.31. The zero-order valence-corrected chi connectivity index (χ0v) is 12.1. The molecule has 0 aromatic carbocycles. The smallest absolute Gasteiger partial charge is 0.00208 e. The van der Waals surface area contributed by atoms with Gasteiger partial charge in [0.05, 0.1) is 0 Å². The summed E-state index contributed by atoms with van der Waals surface area (Å²) < 4.78 is 0. The quantitative estimate of drug-likeness (QED) is 0.774. The Hall–Kier alpha value is -0.0400. The molecular formula is C16H31N. The van der Waals surface area contributed by atoms with E-state index >= 15 is 0 Å². The van der Waals surface area contributed by atoms with E-state index in [0.29, 0.717) is 5.41 Å². The van der Waals surface area contributed by atoms with Crippen LogP contribution in [0.2, 0.25) is 0 Å². The summed E-state index contributed by atoms with van der Waals surface area (Å²) in [6.07, 6.45) is 11.9. The first-order valence-electron chi connectivity index (χ1n) is 7.77. The summed E-state index contributed by atoms with van der Waals surface area (Å²) in [5.41, 5.74) is 0.604. The van der Waals surface area contributed by atoms with E-state index in [9.17, 15) is 0 Å². The van der Waals surface area contributed by atoms with Gasteiger partial charge < -0.3 is 5.32 Å². The average molecular weight is 237 g/mol. The Morgan fingerprint density at radius 2 is 1.76 bits per heavy atom. The van der Waals surface area contributed by atoms with Crippen LogP contribution in [0, 0.1) is 23.2 Å². The summed E-state index contributed by atoms with van der Waals surface area (Å²) in [6, 6.07) is 0. The van der Waals surface area contributed by atoms with Crippen molar-refractivity contribution in [2.24, 2.45) is 23.2 Å². The molecule has 2 rings (SSSR count). The fraction of sp³-hybridized carbons (Fsp3) is 1.00. The van der Waals surface area contributed by atoms with E-state index in [-0.39, 0.29) is 0 Å². The molecule has 0 bridgehead atoms. The van der Waals surface area contributed by atoms with E-state index < -0.39 is 0 Å². The SMILES string of the molecule is CNCC1CCC(C)(C)CC1C1CCCCC1. The van der Waals surface area contributed by atoms with Crippen LogP contribution >= 0.6 is 0 Å². The van der Waals surface area contributed by atoms with Crippen molar-refractivity contribution in [1.82, 2.24) is 5.32 Å². The molecule has 0 saturated heterocycles. The molecule has 17 heavy (non-hydrogen) atoms. The van der Waals surface area contributed by atoms with Crippen molar-refractivity contribution >= 4 is 0 Å². The second-order valence-corrected chi connectivity index (χ2v) is 7.29. The molecule has 100 valence electrons. The van der Waals surface area contributed by atoms with Crippen molar-refractivity contribution in [3.8, 4) is 0 Å². The number of hydrogen-bond donors (Lipinski definition) is 1. The van der Waals surface area contributed by atoms with Gasteiger partial charge in [-0.15, -0.1) is 0 Å². The molecule has 0 radical (unpaired) electrons. The second-order valence-electron chi connectivity index (χ2n) is 7.29. The highest BCUT2D eigenvalue weighted by Crippen LogP contribution is 2.47. The van der Waals surface area contributed by atoms with E-state index in [2.05, 4.69) is 26.2 Å². The first-order valence-corrected chi connectivity index (χ1v) is 7.77. The van der Waals surface area contributed by atoms with Gasteiger partial charge in [0.2, 0.25) is 0 Å². The summed E-state index contributed by atoms with van der Waals surface area (Å²) in [7, 11) is 2.12. The Kier molecular flexibility index (Phi) is 4.52. The number of rotatable bonds is 3. The Bertz CT molecular complexity index is 223. The molecule has 1 N–H and O–H groups in total. The van der Waals surface area contributed by atoms with Crippen molar-refractivity contribution in [3.05, 3.63) is 0 Å². The van der Waals surface area contributed by atoms with Crippen LogP contribution < -0.4 is 5.32 Å². The van der Waals surface area contributed by atoms with Gasteiger partial charge in [0.25, 0.3) is 0 Å².